The molecule has 150 valence electrons. The highest BCUT2D eigenvalue weighted by molar-refractivity contribution is 5.92. The summed E-state index contributed by atoms with van der Waals surface area (Å²) >= 11 is 0. The minimum atomic E-state index is -4.40. The summed E-state index contributed by atoms with van der Waals surface area (Å²) in [6, 6.07) is 14.5. The molecule has 0 spiro atoms. The number of alkyl halides is 3. The number of anilines is 1. The number of carbonyl (C=O) groups excluding carboxylic acids is 1. The summed E-state index contributed by atoms with van der Waals surface area (Å²) in [4.78, 5) is 20.8. The Labute approximate surface area is 165 Å². The summed E-state index contributed by atoms with van der Waals surface area (Å²) in [6.45, 7) is 2.52. The van der Waals surface area contributed by atoms with Crippen molar-refractivity contribution in [2.75, 3.05) is 31.1 Å². The quantitative estimate of drug-likeness (QED) is 0.656. The van der Waals surface area contributed by atoms with Gasteiger partial charge in [-0.15, -0.1) is 0 Å². The fourth-order valence-electron chi connectivity index (χ4n) is 3.27. The zero-order valence-corrected chi connectivity index (χ0v) is 15.4. The van der Waals surface area contributed by atoms with Crippen molar-refractivity contribution < 1.29 is 22.4 Å². The molecule has 2 aromatic carbocycles. The van der Waals surface area contributed by atoms with Gasteiger partial charge in [-0.2, -0.15) is 13.2 Å². The van der Waals surface area contributed by atoms with Crippen molar-refractivity contribution in [1.29, 1.82) is 0 Å². The first-order valence-corrected chi connectivity index (χ1v) is 9.14. The van der Waals surface area contributed by atoms with Gasteiger partial charge in [-0.3, -0.25) is 4.79 Å². The predicted octanol–water partition coefficient (Wildman–Crippen LogP) is 4.32. The van der Waals surface area contributed by atoms with Crippen molar-refractivity contribution in [3.05, 3.63) is 72.1 Å². The molecule has 0 bridgehead atoms. The lowest BCUT2D eigenvalue weighted by Crippen LogP contribution is -2.48. The van der Waals surface area contributed by atoms with Gasteiger partial charge in [0.25, 0.3) is 5.91 Å². The molecule has 2 heterocycles. The Bertz CT molecular complexity index is 976. The van der Waals surface area contributed by atoms with Gasteiger partial charge in [0.05, 0.1) is 5.56 Å². The van der Waals surface area contributed by atoms with E-state index in [-0.39, 0.29) is 17.5 Å². The lowest BCUT2D eigenvalue weighted by molar-refractivity contribution is -0.137. The molecule has 1 aliphatic rings. The second-order valence-corrected chi connectivity index (χ2v) is 6.73. The van der Waals surface area contributed by atoms with E-state index >= 15 is 0 Å². The number of halogens is 3. The third-order valence-corrected chi connectivity index (χ3v) is 4.87. The average molecular weight is 401 g/mol. The molecule has 0 atom stereocenters. The molecule has 0 unspecified atom stereocenters. The van der Waals surface area contributed by atoms with E-state index in [0.717, 1.165) is 17.8 Å². The van der Waals surface area contributed by atoms with Gasteiger partial charge in [0, 0.05) is 37.4 Å². The normalized spacial score (nSPS) is 14.9. The van der Waals surface area contributed by atoms with Gasteiger partial charge >= 0.3 is 6.18 Å². The molecule has 8 heteroatoms. The van der Waals surface area contributed by atoms with E-state index < -0.39 is 11.7 Å². The third-order valence-electron chi connectivity index (χ3n) is 4.87. The number of piperazine rings is 1. The number of para-hydroxylation sites is 1. The highest BCUT2D eigenvalue weighted by Crippen LogP contribution is 2.31. The van der Waals surface area contributed by atoms with Crippen LogP contribution < -0.4 is 4.90 Å². The second kappa shape index (κ2) is 7.62. The monoisotopic (exact) mass is 401 g/mol. The van der Waals surface area contributed by atoms with E-state index in [4.69, 9.17) is 4.42 Å². The van der Waals surface area contributed by atoms with Crippen molar-refractivity contribution in [2.24, 2.45) is 0 Å². The van der Waals surface area contributed by atoms with Gasteiger partial charge < -0.3 is 14.2 Å². The lowest BCUT2D eigenvalue weighted by atomic mass is 10.1. The lowest BCUT2D eigenvalue weighted by Gasteiger charge is -2.35. The molecule has 1 amide bonds. The number of nitrogens with zero attached hydrogens (tertiary/aromatic N) is 3. The Morgan fingerprint density at radius 1 is 0.931 bits per heavy atom. The van der Waals surface area contributed by atoms with Crippen LogP contribution in [-0.2, 0) is 6.18 Å². The van der Waals surface area contributed by atoms with Gasteiger partial charge in [0.15, 0.2) is 5.69 Å². The Morgan fingerprint density at radius 3 is 2.21 bits per heavy atom. The Balaban J connectivity index is 1.41. The average Bonchev–Trinajstić information content (AvgIpc) is 3.24. The van der Waals surface area contributed by atoms with Crippen LogP contribution in [0.2, 0.25) is 0 Å². The predicted molar refractivity (Wildman–Crippen MR) is 101 cm³/mol. The number of aromatic nitrogens is 1. The first kappa shape index (κ1) is 19.0. The molecule has 5 nitrogen and oxygen atoms in total. The number of oxazole rings is 1. The Kier molecular flexibility index (Phi) is 5.00. The smallest absolute Gasteiger partial charge is 0.416 e. The summed E-state index contributed by atoms with van der Waals surface area (Å²) in [5, 5.41) is 0. The largest absolute Gasteiger partial charge is 0.444 e. The van der Waals surface area contributed by atoms with E-state index in [1.165, 1.54) is 18.4 Å². The molecule has 0 N–H and O–H groups in total. The molecule has 3 aromatic rings. The van der Waals surface area contributed by atoms with Gasteiger partial charge in [-0.1, -0.05) is 18.2 Å². The molecule has 1 aromatic heterocycles. The molecular weight excluding hydrogens is 383 g/mol. The van der Waals surface area contributed by atoms with Gasteiger partial charge in [-0.05, 0) is 36.4 Å². The van der Waals surface area contributed by atoms with E-state index in [1.807, 2.05) is 30.3 Å². The maximum atomic E-state index is 12.7. The molecule has 1 aliphatic heterocycles. The highest BCUT2D eigenvalue weighted by atomic mass is 19.4. The Morgan fingerprint density at radius 2 is 1.59 bits per heavy atom. The van der Waals surface area contributed by atoms with Crippen molar-refractivity contribution in [1.82, 2.24) is 9.88 Å². The summed E-state index contributed by atoms with van der Waals surface area (Å²) in [6.07, 6.45) is -3.16. The van der Waals surface area contributed by atoms with E-state index in [2.05, 4.69) is 9.88 Å². The van der Waals surface area contributed by atoms with Crippen LogP contribution in [0.5, 0.6) is 0 Å². The summed E-state index contributed by atoms with van der Waals surface area (Å²) < 4.78 is 43.4. The first-order valence-electron chi connectivity index (χ1n) is 9.14. The number of rotatable bonds is 3. The van der Waals surface area contributed by atoms with Gasteiger partial charge in [0.1, 0.15) is 6.26 Å². The van der Waals surface area contributed by atoms with Gasteiger partial charge in [0.2, 0.25) is 5.89 Å². The van der Waals surface area contributed by atoms with E-state index in [9.17, 15) is 18.0 Å². The first-order chi connectivity index (χ1) is 13.9. The zero-order chi connectivity index (χ0) is 20.4. The van der Waals surface area contributed by atoms with Crippen LogP contribution >= 0.6 is 0 Å². The fourth-order valence-corrected chi connectivity index (χ4v) is 3.27. The molecule has 4 rings (SSSR count). The van der Waals surface area contributed by atoms with Crippen molar-refractivity contribution in [2.45, 2.75) is 6.18 Å². The molecule has 0 aliphatic carbocycles. The van der Waals surface area contributed by atoms with Crippen LogP contribution in [-0.4, -0.2) is 42.0 Å². The molecule has 0 radical (unpaired) electrons. The van der Waals surface area contributed by atoms with Crippen LogP contribution in [0.3, 0.4) is 0 Å². The van der Waals surface area contributed by atoms with Crippen LogP contribution in [0.1, 0.15) is 16.1 Å². The standard InChI is InChI=1S/C21H18F3N3O2/c22-21(23,24)16-8-6-15(7-9-16)19-25-18(14-29-19)20(28)27-12-10-26(11-13-27)17-4-2-1-3-5-17/h1-9,14H,10-13H2. The summed E-state index contributed by atoms with van der Waals surface area (Å²) in [5.74, 6) is -0.135. The second-order valence-electron chi connectivity index (χ2n) is 6.73. The van der Waals surface area contributed by atoms with E-state index in [0.29, 0.717) is 31.7 Å². The van der Waals surface area contributed by atoms with Crippen LogP contribution in [0.15, 0.2) is 65.3 Å². The summed E-state index contributed by atoms with van der Waals surface area (Å²) in [7, 11) is 0. The fraction of sp³-hybridized carbons (Fsp3) is 0.238. The third kappa shape index (κ3) is 4.11. The number of hydrogen-bond donors (Lipinski definition) is 0. The van der Waals surface area contributed by atoms with E-state index in [1.54, 1.807) is 4.90 Å². The van der Waals surface area contributed by atoms with Crippen LogP contribution in [0.25, 0.3) is 11.5 Å². The molecule has 1 saturated heterocycles. The van der Waals surface area contributed by atoms with Crippen molar-refractivity contribution >= 4 is 11.6 Å². The topological polar surface area (TPSA) is 49.6 Å². The SMILES string of the molecule is O=C(c1coc(-c2ccc(C(F)(F)F)cc2)n1)N1CCN(c2ccccc2)CC1. The number of carbonyl (C=O) groups is 1. The van der Waals surface area contributed by atoms with Crippen LogP contribution in [0, 0.1) is 0 Å². The number of amides is 1. The summed E-state index contributed by atoms with van der Waals surface area (Å²) in [5.41, 5.74) is 0.894. The maximum Gasteiger partial charge on any atom is 0.416 e. The van der Waals surface area contributed by atoms with Crippen LogP contribution in [0.4, 0.5) is 18.9 Å². The molecule has 1 fully saturated rings. The number of hydrogen-bond acceptors (Lipinski definition) is 4. The zero-order valence-electron chi connectivity index (χ0n) is 15.4. The van der Waals surface area contributed by atoms with Crippen molar-refractivity contribution in [3.8, 4) is 11.5 Å². The molecule has 0 saturated carbocycles. The number of benzene rings is 2. The molecular formula is C21H18F3N3O2. The van der Waals surface area contributed by atoms with Crippen molar-refractivity contribution in [3.63, 3.8) is 0 Å². The minimum absolute atomic E-state index is 0.116. The Hall–Kier alpha value is -3.29. The maximum absolute atomic E-state index is 12.7. The van der Waals surface area contributed by atoms with Gasteiger partial charge in [-0.25, -0.2) is 4.98 Å². The highest BCUT2D eigenvalue weighted by Gasteiger charge is 2.30. The molecule has 29 heavy (non-hydrogen) atoms. The minimum Gasteiger partial charge on any atom is -0.444 e.